The standard InChI is InChI=1S/C18H13NO4S/c1-11-7-17(20)23-15-8-13(4-5-14(11)15)21-9-12-10-22-18(19-12)16-3-2-6-24-16/h2-8,10H,9H2,1H3. The van der Waals surface area contributed by atoms with Crippen LogP contribution in [0.1, 0.15) is 11.3 Å². The van der Waals surface area contributed by atoms with Gasteiger partial charge in [0.1, 0.15) is 29.9 Å². The van der Waals surface area contributed by atoms with Gasteiger partial charge >= 0.3 is 5.63 Å². The lowest BCUT2D eigenvalue weighted by atomic mass is 10.1. The molecule has 6 heteroatoms. The summed E-state index contributed by atoms with van der Waals surface area (Å²) in [6.45, 7) is 2.15. The molecule has 4 aromatic rings. The van der Waals surface area contributed by atoms with E-state index in [1.807, 2.05) is 36.6 Å². The second-order valence-corrected chi connectivity index (χ2v) is 6.26. The molecule has 24 heavy (non-hydrogen) atoms. The molecular formula is C18H13NO4S. The number of rotatable bonds is 4. The molecule has 0 amide bonds. The predicted molar refractivity (Wildman–Crippen MR) is 91.4 cm³/mol. The minimum absolute atomic E-state index is 0.274. The molecule has 0 atom stereocenters. The van der Waals surface area contributed by atoms with E-state index in [0.717, 1.165) is 15.8 Å². The Balaban J connectivity index is 1.54. The molecule has 0 spiro atoms. The van der Waals surface area contributed by atoms with E-state index in [-0.39, 0.29) is 12.2 Å². The average molecular weight is 339 g/mol. The second-order valence-electron chi connectivity index (χ2n) is 5.32. The molecule has 3 aromatic heterocycles. The van der Waals surface area contributed by atoms with Crippen LogP contribution in [-0.4, -0.2) is 4.98 Å². The highest BCUT2D eigenvalue weighted by molar-refractivity contribution is 7.13. The van der Waals surface area contributed by atoms with Crippen LogP contribution in [0.4, 0.5) is 0 Å². The molecule has 3 heterocycles. The summed E-state index contributed by atoms with van der Waals surface area (Å²) in [4.78, 5) is 16.9. The Morgan fingerprint density at radius 1 is 1.25 bits per heavy atom. The smallest absolute Gasteiger partial charge is 0.336 e. The molecule has 0 fully saturated rings. The topological polar surface area (TPSA) is 65.5 Å². The number of hydrogen-bond acceptors (Lipinski definition) is 6. The van der Waals surface area contributed by atoms with Crippen LogP contribution in [0.25, 0.3) is 21.7 Å². The number of aromatic nitrogens is 1. The number of oxazole rings is 1. The van der Waals surface area contributed by atoms with Gasteiger partial charge in [0.15, 0.2) is 0 Å². The molecule has 0 aliphatic carbocycles. The largest absolute Gasteiger partial charge is 0.487 e. The fraction of sp³-hybridized carbons (Fsp3) is 0.111. The number of aryl methyl sites for hydroxylation is 1. The van der Waals surface area contributed by atoms with Crippen molar-refractivity contribution in [1.29, 1.82) is 0 Å². The highest BCUT2D eigenvalue weighted by Crippen LogP contribution is 2.25. The first-order valence-electron chi connectivity index (χ1n) is 7.34. The third kappa shape index (κ3) is 2.83. The molecule has 0 bridgehead atoms. The van der Waals surface area contributed by atoms with Gasteiger partial charge < -0.3 is 13.6 Å². The van der Waals surface area contributed by atoms with Crippen LogP contribution in [0.2, 0.25) is 0 Å². The Morgan fingerprint density at radius 2 is 2.17 bits per heavy atom. The maximum Gasteiger partial charge on any atom is 0.336 e. The number of ether oxygens (including phenoxy) is 1. The Kier molecular flexibility index (Phi) is 3.66. The second kappa shape index (κ2) is 5.98. The zero-order valence-electron chi connectivity index (χ0n) is 12.8. The van der Waals surface area contributed by atoms with Gasteiger partial charge in [0.2, 0.25) is 5.89 Å². The van der Waals surface area contributed by atoms with E-state index in [4.69, 9.17) is 13.6 Å². The lowest BCUT2D eigenvalue weighted by Crippen LogP contribution is -1.99. The van der Waals surface area contributed by atoms with Gasteiger partial charge in [0.25, 0.3) is 0 Å². The fourth-order valence-corrected chi connectivity index (χ4v) is 3.09. The monoisotopic (exact) mass is 339 g/mol. The number of hydrogen-bond donors (Lipinski definition) is 0. The Hall–Kier alpha value is -2.86. The van der Waals surface area contributed by atoms with Crippen molar-refractivity contribution >= 4 is 22.3 Å². The summed E-state index contributed by atoms with van der Waals surface area (Å²) in [6.07, 6.45) is 1.58. The first-order chi connectivity index (χ1) is 11.7. The third-order valence-electron chi connectivity index (χ3n) is 3.59. The molecule has 0 aliphatic heterocycles. The molecule has 0 saturated heterocycles. The minimum atomic E-state index is -0.366. The molecule has 1 aromatic carbocycles. The van der Waals surface area contributed by atoms with Gasteiger partial charge in [-0.05, 0) is 36.1 Å². The van der Waals surface area contributed by atoms with Crippen LogP contribution in [0.5, 0.6) is 5.75 Å². The first-order valence-corrected chi connectivity index (χ1v) is 8.22. The minimum Gasteiger partial charge on any atom is -0.487 e. The zero-order chi connectivity index (χ0) is 16.5. The van der Waals surface area contributed by atoms with Crippen LogP contribution >= 0.6 is 11.3 Å². The van der Waals surface area contributed by atoms with E-state index in [0.29, 0.717) is 22.9 Å². The zero-order valence-corrected chi connectivity index (χ0v) is 13.6. The fourth-order valence-electron chi connectivity index (χ4n) is 2.44. The first kappa shape index (κ1) is 14.7. The van der Waals surface area contributed by atoms with E-state index in [2.05, 4.69) is 4.98 Å². The Bertz CT molecular complexity index is 1050. The molecule has 0 unspecified atom stereocenters. The van der Waals surface area contributed by atoms with Crippen molar-refractivity contribution in [3.05, 3.63) is 69.7 Å². The lowest BCUT2D eigenvalue weighted by molar-refractivity contribution is 0.301. The number of nitrogens with zero attached hydrogens (tertiary/aromatic N) is 1. The highest BCUT2D eigenvalue weighted by Gasteiger charge is 2.09. The maximum absolute atomic E-state index is 11.5. The van der Waals surface area contributed by atoms with Gasteiger partial charge in [0.05, 0.1) is 4.88 Å². The maximum atomic E-state index is 11.5. The van der Waals surface area contributed by atoms with Gasteiger partial charge in [-0.1, -0.05) is 6.07 Å². The molecule has 0 radical (unpaired) electrons. The molecule has 0 aliphatic rings. The summed E-state index contributed by atoms with van der Waals surface area (Å²) in [6, 6.07) is 10.8. The summed E-state index contributed by atoms with van der Waals surface area (Å²) in [7, 11) is 0. The Labute approximate surface area is 141 Å². The predicted octanol–water partition coefficient (Wildman–Crippen LogP) is 4.40. The van der Waals surface area contributed by atoms with Crippen molar-refractivity contribution in [2.75, 3.05) is 0 Å². The van der Waals surface area contributed by atoms with Crippen molar-refractivity contribution in [2.24, 2.45) is 0 Å². The van der Waals surface area contributed by atoms with Gasteiger partial charge in [0, 0.05) is 17.5 Å². The summed E-state index contributed by atoms with van der Waals surface area (Å²) in [5.74, 6) is 1.20. The van der Waals surface area contributed by atoms with E-state index < -0.39 is 0 Å². The van der Waals surface area contributed by atoms with Gasteiger partial charge in [-0.3, -0.25) is 0 Å². The average Bonchev–Trinajstić information content (AvgIpc) is 3.23. The van der Waals surface area contributed by atoms with Crippen molar-refractivity contribution in [3.8, 4) is 16.5 Å². The van der Waals surface area contributed by atoms with Crippen molar-refractivity contribution in [3.63, 3.8) is 0 Å². The van der Waals surface area contributed by atoms with Crippen LogP contribution in [-0.2, 0) is 6.61 Å². The van der Waals surface area contributed by atoms with E-state index in [1.165, 1.54) is 6.07 Å². The highest BCUT2D eigenvalue weighted by atomic mass is 32.1. The number of benzene rings is 1. The van der Waals surface area contributed by atoms with Crippen molar-refractivity contribution in [1.82, 2.24) is 4.98 Å². The van der Waals surface area contributed by atoms with Crippen LogP contribution < -0.4 is 10.4 Å². The van der Waals surface area contributed by atoms with Gasteiger partial charge in [-0.25, -0.2) is 9.78 Å². The Morgan fingerprint density at radius 3 is 3.00 bits per heavy atom. The van der Waals surface area contributed by atoms with Crippen molar-refractivity contribution < 1.29 is 13.6 Å². The van der Waals surface area contributed by atoms with E-state index in [9.17, 15) is 4.79 Å². The molecule has 0 saturated carbocycles. The molecule has 0 N–H and O–H groups in total. The molecule has 120 valence electrons. The van der Waals surface area contributed by atoms with E-state index in [1.54, 1.807) is 23.7 Å². The quantitative estimate of drug-likeness (QED) is 0.516. The van der Waals surface area contributed by atoms with Crippen LogP contribution in [0, 0.1) is 6.92 Å². The summed E-state index contributed by atoms with van der Waals surface area (Å²) in [5.41, 5.74) is 1.72. The van der Waals surface area contributed by atoms with Crippen LogP contribution in [0.3, 0.4) is 0 Å². The SMILES string of the molecule is Cc1cc(=O)oc2cc(OCc3coc(-c4cccs4)n3)ccc12. The summed E-state index contributed by atoms with van der Waals surface area (Å²) >= 11 is 1.57. The third-order valence-corrected chi connectivity index (χ3v) is 4.45. The van der Waals surface area contributed by atoms with Crippen LogP contribution in [0.15, 0.2) is 61.7 Å². The number of thiophene rings is 1. The molecular weight excluding hydrogens is 326 g/mol. The van der Waals surface area contributed by atoms with Crippen molar-refractivity contribution in [2.45, 2.75) is 13.5 Å². The normalized spacial score (nSPS) is 11.0. The summed E-state index contributed by atoms with van der Waals surface area (Å²) in [5, 5.41) is 2.86. The lowest BCUT2D eigenvalue weighted by Gasteiger charge is -2.06. The summed E-state index contributed by atoms with van der Waals surface area (Å²) < 4.78 is 16.4. The van der Waals surface area contributed by atoms with E-state index >= 15 is 0 Å². The molecule has 4 rings (SSSR count). The van der Waals surface area contributed by atoms with Gasteiger partial charge in [-0.2, -0.15) is 0 Å². The number of fused-ring (bicyclic) bond motifs is 1. The molecule has 5 nitrogen and oxygen atoms in total. The van der Waals surface area contributed by atoms with Gasteiger partial charge in [-0.15, -0.1) is 11.3 Å².